The molecular formula is C14H5Cl2F3N4S. The van der Waals surface area contributed by atoms with Crippen molar-refractivity contribution in [3.63, 3.8) is 0 Å². The van der Waals surface area contributed by atoms with Crippen molar-refractivity contribution in [2.45, 2.75) is 6.18 Å². The Bertz CT molecular complexity index is 956. The highest BCUT2D eigenvalue weighted by molar-refractivity contribution is 7.12. The highest BCUT2D eigenvalue weighted by atomic mass is 35.5. The Morgan fingerprint density at radius 3 is 2.58 bits per heavy atom. The molecule has 3 rings (SSSR count). The minimum atomic E-state index is -4.73. The summed E-state index contributed by atoms with van der Waals surface area (Å²) in [6.45, 7) is 0. The summed E-state index contributed by atoms with van der Waals surface area (Å²) in [6.07, 6.45) is -3.86. The van der Waals surface area contributed by atoms with E-state index in [2.05, 4.69) is 10.1 Å². The fourth-order valence-electron chi connectivity index (χ4n) is 2.00. The number of alkyl halides is 3. The van der Waals surface area contributed by atoms with Gasteiger partial charge in [0.25, 0.3) is 0 Å². The van der Waals surface area contributed by atoms with Gasteiger partial charge in [0.15, 0.2) is 5.69 Å². The van der Waals surface area contributed by atoms with Crippen LogP contribution in [0.1, 0.15) is 11.3 Å². The molecule has 4 nitrogen and oxygen atoms in total. The van der Waals surface area contributed by atoms with Crippen molar-refractivity contribution < 1.29 is 13.2 Å². The molecule has 0 spiro atoms. The number of nitriles is 1. The first-order chi connectivity index (χ1) is 11.3. The van der Waals surface area contributed by atoms with Crippen LogP contribution in [0, 0.1) is 11.3 Å². The largest absolute Gasteiger partial charge is 0.434 e. The second-order valence-electron chi connectivity index (χ2n) is 4.57. The number of thiazole rings is 1. The summed E-state index contributed by atoms with van der Waals surface area (Å²) in [6, 6.07) is 6.28. The number of hydrogen-bond donors (Lipinski definition) is 0. The SMILES string of the molecule is N#Cc1cnn(-c2nc(-c3ccc(Cl)c(Cl)c3)cs2)c1C(F)(F)F. The molecule has 2 aromatic heterocycles. The predicted octanol–water partition coefficient (Wildman–Crippen LogP) is 5.19. The van der Waals surface area contributed by atoms with Crippen LogP contribution in [-0.2, 0) is 6.18 Å². The smallest absolute Gasteiger partial charge is 0.218 e. The summed E-state index contributed by atoms with van der Waals surface area (Å²) in [7, 11) is 0. The van der Waals surface area contributed by atoms with E-state index in [-0.39, 0.29) is 5.13 Å². The van der Waals surface area contributed by atoms with Gasteiger partial charge in [-0.3, -0.25) is 0 Å². The fourth-order valence-corrected chi connectivity index (χ4v) is 3.09. The van der Waals surface area contributed by atoms with E-state index in [4.69, 9.17) is 28.5 Å². The van der Waals surface area contributed by atoms with Crippen LogP contribution in [0.2, 0.25) is 10.0 Å². The maximum atomic E-state index is 13.2. The molecule has 2 heterocycles. The summed E-state index contributed by atoms with van der Waals surface area (Å²) in [5, 5.41) is 14.7. The Labute approximate surface area is 147 Å². The van der Waals surface area contributed by atoms with Crippen molar-refractivity contribution >= 4 is 34.5 Å². The highest BCUT2D eigenvalue weighted by Crippen LogP contribution is 2.35. The van der Waals surface area contributed by atoms with Crippen LogP contribution in [-0.4, -0.2) is 14.8 Å². The Kier molecular flexibility index (Phi) is 4.25. The van der Waals surface area contributed by atoms with E-state index in [1.54, 1.807) is 23.6 Å². The van der Waals surface area contributed by atoms with Crippen molar-refractivity contribution in [2.24, 2.45) is 0 Å². The van der Waals surface area contributed by atoms with Crippen LogP contribution in [0.5, 0.6) is 0 Å². The molecule has 0 N–H and O–H groups in total. The van der Waals surface area contributed by atoms with Gasteiger partial charge < -0.3 is 0 Å². The summed E-state index contributed by atoms with van der Waals surface area (Å²) in [5.74, 6) is 0. The molecule has 1 aromatic carbocycles. The number of halogens is 5. The third-order valence-electron chi connectivity index (χ3n) is 3.05. The first-order valence-electron chi connectivity index (χ1n) is 6.28. The number of rotatable bonds is 2. The molecule has 0 radical (unpaired) electrons. The lowest BCUT2D eigenvalue weighted by molar-refractivity contribution is -0.143. The zero-order valence-corrected chi connectivity index (χ0v) is 13.8. The van der Waals surface area contributed by atoms with E-state index in [1.807, 2.05) is 0 Å². The quantitative estimate of drug-likeness (QED) is 0.606. The predicted molar refractivity (Wildman–Crippen MR) is 84.4 cm³/mol. The molecule has 0 atom stereocenters. The molecule has 0 saturated heterocycles. The van der Waals surface area contributed by atoms with E-state index >= 15 is 0 Å². The van der Waals surface area contributed by atoms with Crippen LogP contribution in [0.3, 0.4) is 0 Å². The van der Waals surface area contributed by atoms with Crippen LogP contribution < -0.4 is 0 Å². The van der Waals surface area contributed by atoms with E-state index in [0.717, 1.165) is 17.5 Å². The van der Waals surface area contributed by atoms with Gasteiger partial charge in [0, 0.05) is 10.9 Å². The maximum absolute atomic E-state index is 13.2. The molecular weight excluding hydrogens is 384 g/mol. The molecule has 0 saturated carbocycles. The average Bonchev–Trinajstić information content (AvgIpc) is 3.15. The molecule has 122 valence electrons. The number of aromatic nitrogens is 3. The van der Waals surface area contributed by atoms with Gasteiger partial charge in [-0.25, -0.2) is 4.98 Å². The van der Waals surface area contributed by atoms with E-state index in [1.165, 1.54) is 6.07 Å². The summed E-state index contributed by atoms with van der Waals surface area (Å²) in [5.41, 5.74) is -0.683. The molecule has 24 heavy (non-hydrogen) atoms. The highest BCUT2D eigenvalue weighted by Gasteiger charge is 2.39. The fraction of sp³-hybridized carbons (Fsp3) is 0.0714. The van der Waals surface area contributed by atoms with Gasteiger partial charge in [0.1, 0.15) is 11.6 Å². The summed E-state index contributed by atoms with van der Waals surface area (Å²) < 4.78 is 40.1. The molecule has 0 amide bonds. The number of hydrogen-bond acceptors (Lipinski definition) is 4. The van der Waals surface area contributed by atoms with Gasteiger partial charge in [-0.15, -0.1) is 11.3 Å². The van der Waals surface area contributed by atoms with Crippen molar-refractivity contribution in [3.05, 3.63) is 51.1 Å². The van der Waals surface area contributed by atoms with Gasteiger partial charge in [0.2, 0.25) is 5.13 Å². The van der Waals surface area contributed by atoms with Crippen LogP contribution in [0.25, 0.3) is 16.4 Å². The van der Waals surface area contributed by atoms with Gasteiger partial charge in [-0.2, -0.15) is 28.2 Å². The maximum Gasteiger partial charge on any atom is 0.434 e. The van der Waals surface area contributed by atoms with Gasteiger partial charge in [-0.1, -0.05) is 29.3 Å². The van der Waals surface area contributed by atoms with Gasteiger partial charge >= 0.3 is 6.18 Å². The molecule has 0 fully saturated rings. The van der Waals surface area contributed by atoms with E-state index < -0.39 is 17.4 Å². The van der Waals surface area contributed by atoms with Crippen LogP contribution >= 0.6 is 34.5 Å². The third kappa shape index (κ3) is 2.98. The Balaban J connectivity index is 2.08. The minimum absolute atomic E-state index is 0.00935. The normalized spacial score (nSPS) is 11.5. The minimum Gasteiger partial charge on any atom is -0.218 e. The third-order valence-corrected chi connectivity index (χ3v) is 4.60. The lowest BCUT2D eigenvalue weighted by Crippen LogP contribution is -2.14. The van der Waals surface area contributed by atoms with Gasteiger partial charge in [0.05, 0.1) is 21.9 Å². The molecule has 0 unspecified atom stereocenters. The Morgan fingerprint density at radius 1 is 1.21 bits per heavy atom. The molecule has 0 aliphatic rings. The van der Waals surface area contributed by atoms with E-state index in [9.17, 15) is 13.2 Å². The standard InChI is InChI=1S/C14H5Cl2F3N4S/c15-9-2-1-7(3-10(9)16)11-6-24-13(22-11)23-12(14(17,18)19)8(4-20)5-21-23/h1-3,5-6H. The second kappa shape index (κ2) is 6.09. The van der Waals surface area contributed by atoms with Crippen molar-refractivity contribution in [1.29, 1.82) is 5.26 Å². The second-order valence-corrected chi connectivity index (χ2v) is 6.22. The Hall–Kier alpha value is -2.08. The monoisotopic (exact) mass is 388 g/mol. The van der Waals surface area contributed by atoms with Crippen molar-refractivity contribution in [2.75, 3.05) is 0 Å². The number of nitrogens with zero attached hydrogens (tertiary/aromatic N) is 4. The molecule has 10 heteroatoms. The lowest BCUT2D eigenvalue weighted by Gasteiger charge is -2.08. The van der Waals surface area contributed by atoms with Crippen molar-refractivity contribution in [3.8, 4) is 22.5 Å². The summed E-state index contributed by atoms with van der Waals surface area (Å²) >= 11 is 12.7. The first-order valence-corrected chi connectivity index (χ1v) is 7.91. The van der Waals surface area contributed by atoms with Crippen LogP contribution in [0.4, 0.5) is 13.2 Å². The Morgan fingerprint density at radius 2 is 1.96 bits per heavy atom. The molecule has 0 aliphatic heterocycles. The zero-order valence-electron chi connectivity index (χ0n) is 11.5. The first kappa shape index (κ1) is 16.8. The van der Waals surface area contributed by atoms with Crippen molar-refractivity contribution in [1.82, 2.24) is 14.8 Å². The summed E-state index contributed by atoms with van der Waals surface area (Å²) in [4.78, 5) is 4.15. The average molecular weight is 389 g/mol. The zero-order chi connectivity index (χ0) is 17.5. The molecule has 0 bridgehead atoms. The molecule has 0 aliphatic carbocycles. The van der Waals surface area contributed by atoms with Crippen LogP contribution in [0.15, 0.2) is 29.8 Å². The van der Waals surface area contributed by atoms with Gasteiger partial charge in [-0.05, 0) is 12.1 Å². The van der Waals surface area contributed by atoms with E-state index in [0.29, 0.717) is 26.0 Å². The number of benzene rings is 1. The molecule has 3 aromatic rings. The lowest BCUT2D eigenvalue weighted by atomic mass is 10.2. The topological polar surface area (TPSA) is 54.5 Å².